The highest BCUT2D eigenvalue weighted by Gasteiger charge is 2.33. The molecule has 2 aliphatic rings. The Balaban J connectivity index is 1.74. The third-order valence-electron chi connectivity index (χ3n) is 3.42. The minimum Gasteiger partial charge on any atom is -0.376 e. The van der Waals surface area contributed by atoms with Gasteiger partial charge in [0.05, 0.1) is 12.6 Å². The van der Waals surface area contributed by atoms with Crippen molar-refractivity contribution in [1.82, 2.24) is 10.2 Å². The summed E-state index contributed by atoms with van der Waals surface area (Å²) in [5.74, 6) is -0.0587. The van der Waals surface area contributed by atoms with Crippen LogP contribution in [-0.2, 0) is 9.53 Å². The average molecular weight is 308 g/mol. The van der Waals surface area contributed by atoms with Gasteiger partial charge in [-0.25, -0.2) is 0 Å². The molecule has 3 rings (SSSR count). The maximum atomic E-state index is 12.4. The molecule has 0 aromatic carbocycles. The van der Waals surface area contributed by atoms with Crippen LogP contribution in [0.4, 0.5) is 0 Å². The number of aryl methyl sites for hydroxylation is 1. The number of nitrogens with zero attached hydrogens (tertiary/aromatic N) is 1. The van der Waals surface area contributed by atoms with Crippen LogP contribution in [0.2, 0.25) is 0 Å². The topological polar surface area (TPSA) is 41.6 Å². The molecule has 0 unspecified atom stereocenters. The van der Waals surface area contributed by atoms with E-state index in [0.29, 0.717) is 17.4 Å². The van der Waals surface area contributed by atoms with Crippen molar-refractivity contribution in [3.8, 4) is 0 Å². The molecule has 2 aliphatic heterocycles. The number of carbonyl (C=O) groups is 1. The highest BCUT2D eigenvalue weighted by Crippen LogP contribution is 2.22. The molecule has 1 atom stereocenters. The Kier molecular flexibility index (Phi) is 3.87. The molecule has 1 N–H and O–H groups in total. The second-order valence-corrected chi connectivity index (χ2v) is 6.69. The third-order valence-corrected chi connectivity index (χ3v) is 4.69. The van der Waals surface area contributed by atoms with E-state index in [1.807, 2.05) is 25.1 Å². The molecule has 3 heterocycles. The van der Waals surface area contributed by atoms with Gasteiger partial charge in [0.1, 0.15) is 5.70 Å². The predicted octanol–water partition coefficient (Wildman–Crippen LogP) is 2.29. The van der Waals surface area contributed by atoms with Gasteiger partial charge in [-0.05, 0) is 50.2 Å². The molecule has 0 aliphatic carbocycles. The highest BCUT2D eigenvalue weighted by atomic mass is 32.1. The second-order valence-electron chi connectivity index (χ2n) is 4.99. The molecule has 2 fully saturated rings. The lowest BCUT2D eigenvalue weighted by Gasteiger charge is -2.18. The summed E-state index contributed by atoms with van der Waals surface area (Å²) in [5, 5.41) is 3.48. The van der Waals surface area contributed by atoms with E-state index in [9.17, 15) is 4.79 Å². The number of thiophene rings is 1. The summed E-state index contributed by atoms with van der Waals surface area (Å²) < 4.78 is 5.57. The Morgan fingerprint density at radius 2 is 2.45 bits per heavy atom. The largest absolute Gasteiger partial charge is 0.376 e. The number of nitrogens with one attached hydrogen (secondary N) is 1. The Labute approximate surface area is 127 Å². The van der Waals surface area contributed by atoms with Crippen molar-refractivity contribution in [2.75, 3.05) is 13.2 Å². The Hall–Kier alpha value is -1.24. The molecule has 0 bridgehead atoms. The zero-order chi connectivity index (χ0) is 14.1. The van der Waals surface area contributed by atoms with Crippen molar-refractivity contribution < 1.29 is 9.53 Å². The van der Waals surface area contributed by atoms with E-state index in [1.54, 1.807) is 16.2 Å². The van der Waals surface area contributed by atoms with E-state index >= 15 is 0 Å². The Morgan fingerprint density at radius 3 is 3.10 bits per heavy atom. The minimum absolute atomic E-state index is 0.0587. The first kappa shape index (κ1) is 13.7. The minimum atomic E-state index is -0.0587. The normalized spacial score (nSPS) is 24.8. The molecular weight excluding hydrogens is 292 g/mol. The smallest absolute Gasteiger partial charge is 0.276 e. The van der Waals surface area contributed by atoms with Crippen LogP contribution in [0.3, 0.4) is 0 Å². The predicted molar refractivity (Wildman–Crippen MR) is 83.5 cm³/mol. The molecule has 4 nitrogen and oxygen atoms in total. The Morgan fingerprint density at radius 1 is 1.60 bits per heavy atom. The van der Waals surface area contributed by atoms with Crippen molar-refractivity contribution in [1.29, 1.82) is 0 Å². The van der Waals surface area contributed by atoms with Crippen molar-refractivity contribution in [2.24, 2.45) is 0 Å². The average Bonchev–Trinajstić information content (AvgIpc) is 3.10. The molecule has 106 valence electrons. The first-order chi connectivity index (χ1) is 9.63. The molecule has 6 heteroatoms. The van der Waals surface area contributed by atoms with Crippen LogP contribution in [0.25, 0.3) is 6.08 Å². The van der Waals surface area contributed by atoms with Crippen LogP contribution >= 0.6 is 23.6 Å². The van der Waals surface area contributed by atoms with E-state index in [4.69, 9.17) is 17.0 Å². The molecule has 1 aromatic heterocycles. The van der Waals surface area contributed by atoms with Crippen molar-refractivity contribution in [2.45, 2.75) is 25.9 Å². The van der Waals surface area contributed by atoms with Crippen LogP contribution < -0.4 is 5.32 Å². The Bertz CT molecular complexity index is 573. The summed E-state index contributed by atoms with van der Waals surface area (Å²) in [6.07, 6.45) is 4.03. The van der Waals surface area contributed by atoms with Gasteiger partial charge in [0.15, 0.2) is 5.11 Å². The van der Waals surface area contributed by atoms with E-state index in [-0.39, 0.29) is 12.0 Å². The summed E-state index contributed by atoms with van der Waals surface area (Å²) in [7, 11) is 0. The summed E-state index contributed by atoms with van der Waals surface area (Å²) in [4.78, 5) is 16.3. The zero-order valence-corrected chi connectivity index (χ0v) is 12.9. The fraction of sp³-hybridized carbons (Fsp3) is 0.429. The fourth-order valence-corrected chi connectivity index (χ4v) is 3.49. The molecule has 20 heavy (non-hydrogen) atoms. The molecule has 1 aromatic rings. The first-order valence-electron chi connectivity index (χ1n) is 6.66. The number of thiocarbonyl (C=S) groups is 1. The lowest BCUT2D eigenvalue weighted by Crippen LogP contribution is -2.37. The van der Waals surface area contributed by atoms with E-state index < -0.39 is 0 Å². The van der Waals surface area contributed by atoms with Gasteiger partial charge in [-0.2, -0.15) is 0 Å². The van der Waals surface area contributed by atoms with E-state index in [1.165, 1.54) is 4.88 Å². The molecule has 0 saturated carbocycles. The van der Waals surface area contributed by atoms with Gasteiger partial charge in [-0.3, -0.25) is 9.69 Å². The SMILES string of the molecule is Cc1ccc(/C=C2\NC(=S)N(C[C@@H]3CCCO3)C2=O)s1. The highest BCUT2D eigenvalue weighted by molar-refractivity contribution is 7.80. The first-order valence-corrected chi connectivity index (χ1v) is 7.88. The molecule has 2 saturated heterocycles. The van der Waals surface area contributed by atoms with Gasteiger partial charge in [-0.15, -0.1) is 11.3 Å². The molecular formula is C14H16N2O2S2. The number of carbonyl (C=O) groups excluding carboxylic acids is 1. The fourth-order valence-electron chi connectivity index (χ4n) is 2.40. The lowest BCUT2D eigenvalue weighted by atomic mass is 10.2. The zero-order valence-electron chi connectivity index (χ0n) is 11.2. The monoisotopic (exact) mass is 308 g/mol. The van der Waals surface area contributed by atoms with Gasteiger partial charge < -0.3 is 10.1 Å². The van der Waals surface area contributed by atoms with Gasteiger partial charge in [-0.1, -0.05) is 0 Å². The van der Waals surface area contributed by atoms with E-state index in [0.717, 1.165) is 24.3 Å². The third kappa shape index (κ3) is 2.77. The van der Waals surface area contributed by atoms with Crippen LogP contribution in [0.5, 0.6) is 0 Å². The number of ether oxygens (including phenoxy) is 1. The van der Waals surface area contributed by atoms with Crippen molar-refractivity contribution in [3.05, 3.63) is 27.6 Å². The second kappa shape index (κ2) is 5.63. The van der Waals surface area contributed by atoms with Crippen LogP contribution in [-0.4, -0.2) is 35.2 Å². The van der Waals surface area contributed by atoms with Crippen molar-refractivity contribution >= 4 is 40.7 Å². The summed E-state index contributed by atoms with van der Waals surface area (Å²) in [5.41, 5.74) is 0.551. The number of hydrogen-bond acceptors (Lipinski definition) is 4. The van der Waals surface area contributed by atoms with Crippen LogP contribution in [0.15, 0.2) is 17.8 Å². The van der Waals surface area contributed by atoms with Gasteiger partial charge >= 0.3 is 0 Å². The maximum Gasteiger partial charge on any atom is 0.276 e. The quantitative estimate of drug-likeness (QED) is 0.687. The molecule has 1 amide bonds. The number of hydrogen-bond donors (Lipinski definition) is 1. The number of rotatable bonds is 3. The molecule has 0 radical (unpaired) electrons. The summed E-state index contributed by atoms with van der Waals surface area (Å²) in [6, 6.07) is 4.05. The van der Waals surface area contributed by atoms with Gasteiger partial charge in [0, 0.05) is 16.4 Å². The van der Waals surface area contributed by atoms with Crippen molar-refractivity contribution in [3.63, 3.8) is 0 Å². The summed E-state index contributed by atoms with van der Waals surface area (Å²) in [6.45, 7) is 3.38. The van der Waals surface area contributed by atoms with E-state index in [2.05, 4.69) is 5.32 Å². The standard InChI is InChI=1S/C14H16N2O2S2/c1-9-4-5-11(20-9)7-12-13(17)16(14(19)15-12)8-10-3-2-6-18-10/h4-5,7,10H,2-3,6,8H2,1H3,(H,15,19)/b12-7-/t10-/m0/s1. The maximum absolute atomic E-state index is 12.4. The van der Waals surface area contributed by atoms with Crippen LogP contribution in [0, 0.1) is 6.92 Å². The van der Waals surface area contributed by atoms with Crippen LogP contribution in [0.1, 0.15) is 22.6 Å². The van der Waals surface area contributed by atoms with Gasteiger partial charge in [0.2, 0.25) is 0 Å². The number of amides is 1. The summed E-state index contributed by atoms with van der Waals surface area (Å²) >= 11 is 6.91. The molecule has 0 spiro atoms. The van der Waals surface area contributed by atoms with Gasteiger partial charge in [0.25, 0.3) is 5.91 Å². The lowest BCUT2D eigenvalue weighted by molar-refractivity contribution is -0.123.